The predicted molar refractivity (Wildman–Crippen MR) is 119 cm³/mol. The van der Waals surface area contributed by atoms with Gasteiger partial charge in [-0.2, -0.15) is 4.31 Å². The molecular weight excluding hydrogens is 438 g/mol. The van der Waals surface area contributed by atoms with Crippen molar-refractivity contribution in [1.82, 2.24) is 14.2 Å². The lowest BCUT2D eigenvalue weighted by molar-refractivity contribution is 0.0697. The molecule has 1 fully saturated rings. The van der Waals surface area contributed by atoms with Crippen LogP contribution in [0.15, 0.2) is 53.4 Å². The van der Waals surface area contributed by atoms with Crippen molar-refractivity contribution in [3.05, 3.63) is 64.8 Å². The van der Waals surface area contributed by atoms with E-state index in [-0.39, 0.29) is 23.9 Å². The molecule has 1 aliphatic heterocycles. The Hall–Kier alpha value is -2.68. The summed E-state index contributed by atoms with van der Waals surface area (Å²) in [5.74, 6) is 0.434. The van der Waals surface area contributed by atoms with Crippen LogP contribution in [0, 0.1) is 6.92 Å². The van der Waals surface area contributed by atoms with Crippen molar-refractivity contribution in [2.24, 2.45) is 0 Å². The number of rotatable bonds is 4. The second-order valence-electron chi connectivity index (χ2n) is 7.33. The number of hydrogen-bond acceptors (Lipinski definition) is 5. The van der Waals surface area contributed by atoms with Gasteiger partial charge in [-0.25, -0.2) is 8.42 Å². The molecule has 0 radical (unpaired) electrons. The van der Waals surface area contributed by atoms with Crippen molar-refractivity contribution in [2.75, 3.05) is 33.3 Å². The van der Waals surface area contributed by atoms with Gasteiger partial charge in [0.15, 0.2) is 0 Å². The minimum Gasteiger partial charge on any atom is -0.497 e. The molecular formula is C22H22ClN3O4S. The van der Waals surface area contributed by atoms with Crippen LogP contribution >= 0.6 is 11.6 Å². The zero-order valence-electron chi connectivity index (χ0n) is 17.2. The van der Waals surface area contributed by atoms with Crippen molar-refractivity contribution >= 4 is 38.4 Å². The van der Waals surface area contributed by atoms with Gasteiger partial charge in [0.05, 0.1) is 28.8 Å². The van der Waals surface area contributed by atoms with E-state index >= 15 is 0 Å². The number of nitrogens with zero attached hydrogens (tertiary/aromatic N) is 3. The van der Waals surface area contributed by atoms with Gasteiger partial charge in [-0.3, -0.25) is 9.78 Å². The molecule has 0 N–H and O–H groups in total. The summed E-state index contributed by atoms with van der Waals surface area (Å²) in [6, 6.07) is 13.5. The second kappa shape index (κ2) is 8.45. The minimum atomic E-state index is -3.63. The van der Waals surface area contributed by atoms with Crippen molar-refractivity contribution in [3.8, 4) is 5.75 Å². The number of aromatic nitrogens is 1. The van der Waals surface area contributed by atoms with E-state index in [1.165, 1.54) is 23.5 Å². The number of methoxy groups -OCH3 is 1. The third-order valence-corrected chi connectivity index (χ3v) is 7.57. The minimum absolute atomic E-state index is 0.159. The first-order valence-corrected chi connectivity index (χ1v) is 11.6. The highest BCUT2D eigenvalue weighted by Gasteiger charge is 2.31. The van der Waals surface area contributed by atoms with Gasteiger partial charge in [-0.1, -0.05) is 11.6 Å². The van der Waals surface area contributed by atoms with Crippen molar-refractivity contribution < 1.29 is 17.9 Å². The maximum atomic E-state index is 13.1. The van der Waals surface area contributed by atoms with Gasteiger partial charge >= 0.3 is 0 Å². The topological polar surface area (TPSA) is 79.8 Å². The molecule has 0 atom stereocenters. The average Bonchev–Trinajstić information content (AvgIpc) is 2.78. The van der Waals surface area contributed by atoms with Crippen molar-refractivity contribution in [3.63, 3.8) is 0 Å². The van der Waals surface area contributed by atoms with Crippen LogP contribution in [0.4, 0.5) is 0 Å². The zero-order valence-corrected chi connectivity index (χ0v) is 18.8. The Morgan fingerprint density at radius 3 is 2.35 bits per heavy atom. The summed E-state index contributed by atoms with van der Waals surface area (Å²) in [6.07, 6.45) is 0. The Balaban J connectivity index is 1.50. The summed E-state index contributed by atoms with van der Waals surface area (Å²) in [4.78, 5) is 19.5. The molecule has 0 aliphatic carbocycles. The number of halogens is 1. The molecule has 2 aromatic carbocycles. The zero-order chi connectivity index (χ0) is 22.2. The number of fused-ring (bicyclic) bond motifs is 1. The molecule has 0 unspecified atom stereocenters. The average molecular weight is 460 g/mol. The summed E-state index contributed by atoms with van der Waals surface area (Å²) in [5, 5.41) is 1.37. The number of hydrogen-bond donors (Lipinski definition) is 0. The highest BCUT2D eigenvalue weighted by Crippen LogP contribution is 2.24. The lowest BCUT2D eigenvalue weighted by Gasteiger charge is -2.34. The van der Waals surface area contributed by atoms with Gasteiger partial charge in [0, 0.05) is 36.6 Å². The Morgan fingerprint density at radius 2 is 1.71 bits per heavy atom. The van der Waals surface area contributed by atoms with Crippen LogP contribution in [0.3, 0.4) is 0 Å². The molecule has 31 heavy (non-hydrogen) atoms. The summed E-state index contributed by atoms with van der Waals surface area (Å²) in [7, 11) is -2.10. The number of pyridine rings is 1. The number of piperazine rings is 1. The van der Waals surface area contributed by atoms with E-state index in [0.717, 1.165) is 10.9 Å². The Bertz CT molecular complexity index is 1240. The molecule has 1 aromatic heterocycles. The maximum absolute atomic E-state index is 13.1. The van der Waals surface area contributed by atoms with Crippen LogP contribution in [0.2, 0.25) is 5.02 Å². The smallest absolute Gasteiger partial charge is 0.255 e. The van der Waals surface area contributed by atoms with Gasteiger partial charge < -0.3 is 9.64 Å². The van der Waals surface area contributed by atoms with E-state index in [1.54, 1.807) is 42.2 Å². The number of sulfonamides is 1. The monoisotopic (exact) mass is 459 g/mol. The third kappa shape index (κ3) is 4.23. The summed E-state index contributed by atoms with van der Waals surface area (Å²) in [5.41, 5.74) is 1.91. The molecule has 1 saturated heterocycles. The number of carbonyl (C=O) groups excluding carboxylic acids is 1. The van der Waals surface area contributed by atoms with Crippen LogP contribution < -0.4 is 4.74 Å². The fraction of sp³-hybridized carbons (Fsp3) is 0.273. The SMILES string of the molecule is COc1ccc(S(=O)(=O)N2CCN(C(=O)c3cc4cc(Cl)ccc4nc3C)CC2)cc1. The highest BCUT2D eigenvalue weighted by molar-refractivity contribution is 7.89. The number of amides is 1. The van der Waals surface area contributed by atoms with Gasteiger partial charge in [0.1, 0.15) is 5.75 Å². The van der Waals surface area contributed by atoms with Crippen LogP contribution in [0.1, 0.15) is 16.1 Å². The molecule has 9 heteroatoms. The largest absolute Gasteiger partial charge is 0.497 e. The first kappa shape index (κ1) is 21.5. The molecule has 0 spiro atoms. The Kier molecular flexibility index (Phi) is 5.88. The molecule has 0 saturated carbocycles. The number of aryl methyl sites for hydroxylation is 1. The molecule has 162 valence electrons. The number of ether oxygens (including phenoxy) is 1. The summed E-state index contributed by atoms with van der Waals surface area (Å²) >= 11 is 6.07. The van der Waals surface area contributed by atoms with Crippen LogP contribution in [0.5, 0.6) is 5.75 Å². The predicted octanol–water partition coefficient (Wildman–Crippen LogP) is 3.35. The van der Waals surface area contributed by atoms with E-state index in [4.69, 9.17) is 16.3 Å². The van der Waals surface area contributed by atoms with Crippen molar-refractivity contribution in [1.29, 1.82) is 0 Å². The standard InChI is InChI=1S/C22H22ClN3O4S/c1-15-20(14-16-13-17(23)3-8-21(16)24-15)22(27)25-9-11-26(12-10-25)31(28,29)19-6-4-18(30-2)5-7-19/h3-8,13-14H,9-12H2,1-2H3. The van der Waals surface area contributed by atoms with Crippen LogP contribution in [-0.2, 0) is 10.0 Å². The fourth-order valence-electron chi connectivity index (χ4n) is 3.66. The first-order valence-electron chi connectivity index (χ1n) is 9.80. The van der Waals surface area contributed by atoms with Gasteiger partial charge in [-0.05, 0) is 55.5 Å². The quantitative estimate of drug-likeness (QED) is 0.597. The Morgan fingerprint density at radius 1 is 1.03 bits per heavy atom. The Labute approximate surface area is 186 Å². The first-order chi connectivity index (χ1) is 14.8. The van der Waals surface area contributed by atoms with Crippen LogP contribution in [-0.4, -0.2) is 61.8 Å². The number of benzene rings is 2. The molecule has 4 rings (SSSR count). The lowest BCUT2D eigenvalue weighted by atomic mass is 10.1. The lowest BCUT2D eigenvalue weighted by Crippen LogP contribution is -2.50. The fourth-order valence-corrected chi connectivity index (χ4v) is 5.26. The third-order valence-electron chi connectivity index (χ3n) is 5.42. The highest BCUT2D eigenvalue weighted by atomic mass is 35.5. The maximum Gasteiger partial charge on any atom is 0.255 e. The molecule has 2 heterocycles. The van der Waals surface area contributed by atoms with E-state index in [9.17, 15) is 13.2 Å². The second-order valence-corrected chi connectivity index (χ2v) is 9.70. The summed E-state index contributed by atoms with van der Waals surface area (Å²) in [6.45, 7) is 2.87. The van der Waals surface area contributed by atoms with Crippen LogP contribution in [0.25, 0.3) is 10.9 Å². The molecule has 7 nitrogen and oxygen atoms in total. The molecule has 0 bridgehead atoms. The van der Waals surface area contributed by atoms with Gasteiger partial charge in [0.25, 0.3) is 5.91 Å². The van der Waals surface area contributed by atoms with E-state index in [2.05, 4.69) is 4.98 Å². The van der Waals surface area contributed by atoms with E-state index in [0.29, 0.717) is 35.1 Å². The molecule has 3 aromatic rings. The van der Waals surface area contributed by atoms with E-state index in [1.807, 2.05) is 6.07 Å². The van der Waals surface area contributed by atoms with Gasteiger partial charge in [-0.15, -0.1) is 0 Å². The van der Waals surface area contributed by atoms with Crippen molar-refractivity contribution in [2.45, 2.75) is 11.8 Å². The normalized spacial score (nSPS) is 15.3. The number of carbonyl (C=O) groups is 1. The summed E-state index contributed by atoms with van der Waals surface area (Å²) < 4.78 is 32.3. The van der Waals surface area contributed by atoms with Gasteiger partial charge in [0.2, 0.25) is 10.0 Å². The molecule has 1 aliphatic rings. The van der Waals surface area contributed by atoms with E-state index < -0.39 is 10.0 Å². The molecule has 1 amide bonds.